The summed E-state index contributed by atoms with van der Waals surface area (Å²) in [5, 5.41) is 21.2. The lowest BCUT2D eigenvalue weighted by atomic mass is 10.1. The fraction of sp³-hybridized carbons (Fsp3) is 0.227. The molecule has 1 N–H and O–H groups in total. The van der Waals surface area contributed by atoms with Gasteiger partial charge in [-0.25, -0.2) is 4.79 Å². The average molecular weight is 439 g/mol. The number of thiol groups is 1. The lowest BCUT2D eigenvalue weighted by Crippen LogP contribution is -2.06. The summed E-state index contributed by atoms with van der Waals surface area (Å²) in [5.74, 6) is 1.18. The van der Waals surface area contributed by atoms with Crippen molar-refractivity contribution < 1.29 is 24.1 Å². The Balaban J connectivity index is 1.79. The zero-order valence-corrected chi connectivity index (χ0v) is 17.9. The lowest BCUT2D eigenvalue weighted by Gasteiger charge is -2.08. The van der Waals surface area contributed by atoms with Crippen molar-refractivity contribution in [3.05, 3.63) is 48.0 Å². The largest absolute Gasteiger partial charge is 0.506 e. The van der Waals surface area contributed by atoms with E-state index in [4.69, 9.17) is 14.2 Å². The Hall–Kier alpha value is -3.46. The highest BCUT2D eigenvalue weighted by Crippen LogP contribution is 2.31. The quantitative estimate of drug-likeness (QED) is 0.334. The predicted molar refractivity (Wildman–Crippen MR) is 120 cm³/mol. The first kappa shape index (κ1) is 20.8. The summed E-state index contributed by atoms with van der Waals surface area (Å²) in [4.78, 5) is 13.6. The van der Waals surface area contributed by atoms with E-state index in [1.807, 2.05) is 18.2 Å². The third-order valence-electron chi connectivity index (χ3n) is 4.68. The highest BCUT2D eigenvalue weighted by atomic mass is 32.1. The number of hydrogen-bond donors (Lipinski definition) is 2. The SMILES string of the molecule is CCOC(=O)c1cc2nn(-c3cc4cc(OCCS)ccc4cc3O)nc2cc1OC. The van der Waals surface area contributed by atoms with E-state index in [1.54, 1.807) is 31.2 Å². The summed E-state index contributed by atoms with van der Waals surface area (Å²) in [6.45, 7) is 2.48. The molecular weight excluding hydrogens is 418 g/mol. The van der Waals surface area contributed by atoms with E-state index in [0.717, 1.165) is 10.8 Å². The molecule has 0 saturated heterocycles. The van der Waals surface area contributed by atoms with E-state index >= 15 is 0 Å². The summed E-state index contributed by atoms with van der Waals surface area (Å²) >= 11 is 4.16. The van der Waals surface area contributed by atoms with Gasteiger partial charge in [-0.1, -0.05) is 6.07 Å². The van der Waals surface area contributed by atoms with E-state index in [1.165, 1.54) is 11.9 Å². The van der Waals surface area contributed by atoms with Crippen LogP contribution in [-0.2, 0) is 4.74 Å². The fourth-order valence-corrected chi connectivity index (χ4v) is 3.35. The number of aromatic nitrogens is 3. The van der Waals surface area contributed by atoms with Crippen LogP contribution in [0.15, 0.2) is 42.5 Å². The molecule has 160 valence electrons. The van der Waals surface area contributed by atoms with E-state index in [0.29, 0.717) is 40.6 Å². The van der Waals surface area contributed by atoms with Crippen molar-refractivity contribution >= 4 is 40.4 Å². The van der Waals surface area contributed by atoms with E-state index < -0.39 is 5.97 Å². The molecule has 4 aromatic rings. The van der Waals surface area contributed by atoms with E-state index in [-0.39, 0.29) is 17.9 Å². The van der Waals surface area contributed by atoms with Gasteiger partial charge < -0.3 is 19.3 Å². The van der Waals surface area contributed by atoms with E-state index in [2.05, 4.69) is 22.8 Å². The van der Waals surface area contributed by atoms with Crippen LogP contribution in [-0.4, -0.2) is 52.1 Å². The molecule has 0 radical (unpaired) electrons. The van der Waals surface area contributed by atoms with E-state index in [9.17, 15) is 9.90 Å². The van der Waals surface area contributed by atoms with Gasteiger partial charge in [0.2, 0.25) is 0 Å². The molecule has 0 spiro atoms. The van der Waals surface area contributed by atoms with Gasteiger partial charge in [-0.05, 0) is 48.0 Å². The molecule has 0 aliphatic carbocycles. The van der Waals surface area contributed by atoms with Crippen LogP contribution in [0.1, 0.15) is 17.3 Å². The minimum Gasteiger partial charge on any atom is -0.506 e. The van der Waals surface area contributed by atoms with Crippen molar-refractivity contribution in [3.8, 4) is 22.9 Å². The Morgan fingerprint density at radius 3 is 2.58 bits per heavy atom. The Morgan fingerprint density at radius 2 is 1.87 bits per heavy atom. The van der Waals surface area contributed by atoms with Crippen molar-refractivity contribution in [1.82, 2.24) is 15.0 Å². The summed E-state index contributed by atoms with van der Waals surface area (Å²) in [6, 6.07) is 12.2. The molecule has 9 heteroatoms. The number of phenolic OH excluding ortho intramolecular Hbond substituents is 1. The maximum Gasteiger partial charge on any atom is 0.341 e. The van der Waals surface area contributed by atoms with Crippen LogP contribution in [0, 0.1) is 0 Å². The van der Waals surface area contributed by atoms with Crippen molar-refractivity contribution in [2.45, 2.75) is 6.92 Å². The second-order valence-corrected chi connectivity index (χ2v) is 7.12. The van der Waals surface area contributed by atoms with Crippen LogP contribution in [0.4, 0.5) is 0 Å². The Kier molecular flexibility index (Phi) is 5.85. The molecule has 0 saturated carbocycles. The first-order chi connectivity index (χ1) is 15.0. The lowest BCUT2D eigenvalue weighted by molar-refractivity contribution is 0.0523. The number of fused-ring (bicyclic) bond motifs is 2. The molecule has 0 fully saturated rings. The number of ether oxygens (including phenoxy) is 3. The monoisotopic (exact) mass is 439 g/mol. The normalized spacial score (nSPS) is 11.1. The first-order valence-electron chi connectivity index (χ1n) is 9.67. The van der Waals surface area contributed by atoms with Crippen molar-refractivity contribution in [2.24, 2.45) is 0 Å². The molecule has 1 aromatic heterocycles. The van der Waals surface area contributed by atoms with Gasteiger partial charge >= 0.3 is 5.97 Å². The number of carbonyl (C=O) groups is 1. The van der Waals surface area contributed by atoms with Crippen LogP contribution in [0.5, 0.6) is 17.2 Å². The number of rotatable bonds is 7. The molecule has 0 aliphatic rings. The zero-order chi connectivity index (χ0) is 22.0. The number of phenols is 1. The van der Waals surface area contributed by atoms with Crippen LogP contribution in [0.3, 0.4) is 0 Å². The third kappa shape index (κ3) is 4.09. The molecule has 0 atom stereocenters. The van der Waals surface area contributed by atoms with Crippen LogP contribution in [0.25, 0.3) is 27.5 Å². The number of nitrogens with zero attached hydrogens (tertiary/aromatic N) is 3. The third-order valence-corrected chi connectivity index (χ3v) is 4.86. The van der Waals surface area contributed by atoms with Crippen LogP contribution >= 0.6 is 12.6 Å². The first-order valence-corrected chi connectivity index (χ1v) is 10.3. The number of hydrogen-bond acceptors (Lipinski definition) is 8. The second-order valence-electron chi connectivity index (χ2n) is 6.67. The standard InChI is InChI=1S/C22H21N3O5S/c1-3-29-22(27)16-11-17-18(12-21(16)28-2)24-25(23-17)19-9-14-8-15(30-6-7-31)5-4-13(14)10-20(19)26/h4-5,8-12,26,31H,3,6-7H2,1-2H3. The molecule has 8 nitrogen and oxygen atoms in total. The minimum atomic E-state index is -0.502. The predicted octanol–water partition coefficient (Wildman–Crippen LogP) is 3.77. The second kappa shape index (κ2) is 8.73. The molecule has 4 rings (SSSR count). The summed E-state index contributed by atoms with van der Waals surface area (Å²) < 4.78 is 16.0. The summed E-state index contributed by atoms with van der Waals surface area (Å²) in [7, 11) is 1.47. The molecule has 31 heavy (non-hydrogen) atoms. The number of benzene rings is 3. The van der Waals surface area contributed by atoms with Crippen molar-refractivity contribution in [1.29, 1.82) is 0 Å². The number of aromatic hydroxyl groups is 1. The maximum absolute atomic E-state index is 12.2. The summed E-state index contributed by atoms with van der Waals surface area (Å²) in [5.41, 5.74) is 1.63. The number of methoxy groups -OCH3 is 1. The van der Waals surface area contributed by atoms with Crippen molar-refractivity contribution in [2.75, 3.05) is 26.1 Å². The van der Waals surface area contributed by atoms with Gasteiger partial charge in [-0.3, -0.25) is 0 Å². The Morgan fingerprint density at radius 1 is 1.10 bits per heavy atom. The smallest absolute Gasteiger partial charge is 0.341 e. The van der Waals surface area contributed by atoms with Gasteiger partial charge in [0.25, 0.3) is 0 Å². The van der Waals surface area contributed by atoms with Crippen LogP contribution < -0.4 is 9.47 Å². The van der Waals surface area contributed by atoms with Gasteiger partial charge in [0.15, 0.2) is 0 Å². The molecule has 0 amide bonds. The molecule has 1 heterocycles. The van der Waals surface area contributed by atoms with Gasteiger partial charge in [0, 0.05) is 11.8 Å². The van der Waals surface area contributed by atoms with Crippen LogP contribution in [0.2, 0.25) is 0 Å². The summed E-state index contributed by atoms with van der Waals surface area (Å²) in [6.07, 6.45) is 0. The molecular formula is C22H21N3O5S. The highest BCUT2D eigenvalue weighted by Gasteiger charge is 2.18. The zero-order valence-electron chi connectivity index (χ0n) is 17.0. The average Bonchev–Trinajstić information content (AvgIpc) is 3.19. The fourth-order valence-electron chi connectivity index (χ4n) is 3.25. The van der Waals surface area contributed by atoms with Gasteiger partial charge in [-0.15, -0.1) is 15.0 Å². The minimum absolute atomic E-state index is 0.0226. The highest BCUT2D eigenvalue weighted by molar-refractivity contribution is 7.80. The van der Waals surface area contributed by atoms with Gasteiger partial charge in [-0.2, -0.15) is 12.6 Å². The number of carbonyl (C=O) groups excluding carboxylic acids is 1. The molecule has 3 aromatic carbocycles. The van der Waals surface area contributed by atoms with Gasteiger partial charge in [0.05, 0.1) is 20.3 Å². The number of esters is 1. The van der Waals surface area contributed by atoms with Crippen molar-refractivity contribution in [3.63, 3.8) is 0 Å². The molecule has 0 bridgehead atoms. The molecule has 0 unspecified atom stereocenters. The molecule has 0 aliphatic heterocycles. The Labute approximate surface area is 183 Å². The topological polar surface area (TPSA) is 95.7 Å². The van der Waals surface area contributed by atoms with Gasteiger partial charge in [0.1, 0.15) is 39.5 Å². The maximum atomic E-state index is 12.2. The Bertz CT molecular complexity index is 1270.